The zero-order valence-corrected chi connectivity index (χ0v) is 51.0. The third-order valence-corrected chi connectivity index (χ3v) is 19.7. The van der Waals surface area contributed by atoms with Crippen LogP contribution >= 0.6 is 0 Å². The maximum atomic E-state index is 2.45. The summed E-state index contributed by atoms with van der Waals surface area (Å²) in [4.78, 5) is 0. The maximum absolute atomic E-state index is 2.45. The molecule has 0 N–H and O–H groups in total. The van der Waals surface area contributed by atoms with Gasteiger partial charge in [0, 0.05) is 32.9 Å². The smallest absolute Gasteiger partial charge is 0.0719 e. The lowest BCUT2D eigenvalue weighted by molar-refractivity contribution is 0.771. The van der Waals surface area contributed by atoms with E-state index < -0.39 is 5.41 Å². The van der Waals surface area contributed by atoms with E-state index in [0.717, 1.165) is 11.4 Å². The summed E-state index contributed by atoms with van der Waals surface area (Å²) < 4.78 is 4.83. The Morgan fingerprint density at radius 1 is 0.172 bits per heavy atom. The Morgan fingerprint density at radius 2 is 0.505 bits per heavy atom. The molecule has 15 aromatic carbocycles. The van der Waals surface area contributed by atoms with Crippen molar-refractivity contribution in [3.8, 4) is 100 Å². The van der Waals surface area contributed by atoms with Crippen molar-refractivity contribution in [1.82, 2.24) is 9.13 Å². The van der Waals surface area contributed by atoms with Gasteiger partial charge in [0.1, 0.15) is 0 Å². The van der Waals surface area contributed by atoms with Gasteiger partial charge >= 0.3 is 0 Å². The standard InChI is InChI=1S/C91H60N2/c1-3-21-61(22-4-1)64-49-53-73(54-50-64)92-87-39-17-12-34-80(87)82-59-70(51-55-89(82)92)71-52-56-90-83(60-71)81-35-13-18-40-88(81)93(90)74-28-20-26-69(58-74)66-47-43-63(44-48-66)62-41-45-65(46-42-62)68-25-19-27-72(57-68)91(85-37-15-10-32-78(85)79-33-11-16-38-86(79)91)84-36-14-9-31-77(84)76-30-8-7-29-75(76)67-23-5-2-6-24-67/h1-60H. The molecular weight excluding hydrogens is 1120 g/mol. The summed E-state index contributed by atoms with van der Waals surface area (Å²) in [6, 6.07) is 135. The van der Waals surface area contributed by atoms with Crippen LogP contribution in [0.15, 0.2) is 364 Å². The van der Waals surface area contributed by atoms with Crippen LogP contribution in [0.2, 0.25) is 0 Å². The number of rotatable bonds is 11. The Labute approximate surface area is 541 Å². The lowest BCUT2D eigenvalue weighted by Crippen LogP contribution is -2.29. The van der Waals surface area contributed by atoms with Crippen LogP contribution in [0.25, 0.3) is 144 Å². The van der Waals surface area contributed by atoms with Gasteiger partial charge in [0.2, 0.25) is 0 Å². The molecule has 0 aliphatic heterocycles. The highest BCUT2D eigenvalue weighted by atomic mass is 15.0. The summed E-state index contributed by atoms with van der Waals surface area (Å²) in [6.45, 7) is 0. The molecule has 0 spiro atoms. The zero-order valence-electron chi connectivity index (χ0n) is 51.0. The van der Waals surface area contributed by atoms with Crippen molar-refractivity contribution in [2.24, 2.45) is 0 Å². The number of benzene rings is 15. The summed E-state index contributed by atoms with van der Waals surface area (Å²) in [6.07, 6.45) is 0. The van der Waals surface area contributed by atoms with E-state index in [-0.39, 0.29) is 0 Å². The summed E-state index contributed by atoms with van der Waals surface area (Å²) in [5.74, 6) is 0. The Hall–Kier alpha value is -12.1. The van der Waals surface area contributed by atoms with E-state index in [4.69, 9.17) is 0 Å². The molecule has 0 fully saturated rings. The van der Waals surface area contributed by atoms with Crippen molar-refractivity contribution >= 4 is 43.6 Å². The minimum absolute atomic E-state index is 0.598. The Morgan fingerprint density at radius 3 is 1.03 bits per heavy atom. The van der Waals surface area contributed by atoms with E-state index in [9.17, 15) is 0 Å². The van der Waals surface area contributed by atoms with Crippen LogP contribution in [-0.2, 0) is 5.41 Å². The summed E-state index contributed by atoms with van der Waals surface area (Å²) in [7, 11) is 0. The van der Waals surface area contributed by atoms with Gasteiger partial charge < -0.3 is 9.13 Å². The molecule has 2 nitrogen and oxygen atoms in total. The lowest BCUT2D eigenvalue weighted by Gasteiger charge is -2.36. The fraction of sp³-hybridized carbons (Fsp3) is 0.0110. The first-order chi connectivity index (χ1) is 46.1. The second-order valence-corrected chi connectivity index (χ2v) is 24.7. The van der Waals surface area contributed by atoms with Crippen molar-refractivity contribution in [2.75, 3.05) is 0 Å². The van der Waals surface area contributed by atoms with Crippen LogP contribution in [0, 0.1) is 0 Å². The molecule has 1 aliphatic rings. The molecule has 17 aromatic rings. The predicted octanol–water partition coefficient (Wildman–Crippen LogP) is 23.9. The third-order valence-electron chi connectivity index (χ3n) is 19.7. The van der Waals surface area contributed by atoms with E-state index in [1.54, 1.807) is 0 Å². The highest BCUT2D eigenvalue weighted by Gasteiger charge is 2.47. The first-order valence-electron chi connectivity index (χ1n) is 32.2. The monoisotopic (exact) mass is 1180 g/mol. The van der Waals surface area contributed by atoms with Crippen molar-refractivity contribution in [3.63, 3.8) is 0 Å². The largest absolute Gasteiger partial charge is 0.309 e. The van der Waals surface area contributed by atoms with E-state index in [0.29, 0.717) is 0 Å². The third kappa shape index (κ3) is 8.86. The molecule has 0 saturated heterocycles. The Balaban J connectivity index is 0.650. The van der Waals surface area contributed by atoms with Crippen LogP contribution in [-0.4, -0.2) is 9.13 Å². The van der Waals surface area contributed by atoms with Crippen LogP contribution in [0.3, 0.4) is 0 Å². The van der Waals surface area contributed by atoms with Gasteiger partial charge in [0.15, 0.2) is 0 Å². The van der Waals surface area contributed by atoms with Crippen molar-refractivity contribution < 1.29 is 0 Å². The Kier molecular flexibility index (Phi) is 12.8. The molecule has 1 aliphatic carbocycles. The van der Waals surface area contributed by atoms with Crippen molar-refractivity contribution in [2.45, 2.75) is 5.41 Å². The van der Waals surface area contributed by atoms with Gasteiger partial charge in [-0.1, -0.05) is 297 Å². The maximum Gasteiger partial charge on any atom is 0.0719 e. The van der Waals surface area contributed by atoms with E-state index >= 15 is 0 Å². The van der Waals surface area contributed by atoms with Crippen molar-refractivity contribution in [3.05, 3.63) is 386 Å². The predicted molar refractivity (Wildman–Crippen MR) is 390 cm³/mol. The van der Waals surface area contributed by atoms with E-state index in [1.807, 2.05) is 0 Å². The number of aromatic nitrogens is 2. The minimum atomic E-state index is -0.598. The van der Waals surface area contributed by atoms with Crippen molar-refractivity contribution in [1.29, 1.82) is 0 Å². The quantitative estimate of drug-likeness (QED) is 0.122. The number of hydrogen-bond donors (Lipinski definition) is 0. The molecule has 2 heteroatoms. The van der Waals surface area contributed by atoms with Gasteiger partial charge in [0.05, 0.1) is 27.5 Å². The second-order valence-electron chi connectivity index (χ2n) is 24.7. The summed E-state index contributed by atoms with van der Waals surface area (Å²) in [5.41, 5.74) is 30.8. The van der Waals surface area contributed by atoms with E-state index in [1.165, 1.54) is 155 Å². The summed E-state index contributed by atoms with van der Waals surface area (Å²) in [5, 5.41) is 4.95. The summed E-state index contributed by atoms with van der Waals surface area (Å²) >= 11 is 0. The van der Waals surface area contributed by atoms with E-state index in [2.05, 4.69) is 373 Å². The molecule has 0 amide bonds. The molecule has 18 rings (SSSR count). The van der Waals surface area contributed by atoms with Gasteiger partial charge in [0.25, 0.3) is 0 Å². The number of hydrogen-bond acceptors (Lipinski definition) is 0. The molecular formula is C91H60N2. The van der Waals surface area contributed by atoms with Crippen LogP contribution in [0.5, 0.6) is 0 Å². The average molecular weight is 1180 g/mol. The van der Waals surface area contributed by atoms with Gasteiger partial charge in [-0.05, 0) is 178 Å². The molecule has 0 saturated carbocycles. The Bertz CT molecular complexity index is 5670. The first-order valence-corrected chi connectivity index (χ1v) is 32.2. The average Bonchev–Trinajstić information content (AvgIpc) is 1.56. The molecule has 0 bridgehead atoms. The molecule has 2 heterocycles. The van der Waals surface area contributed by atoms with Gasteiger partial charge in [-0.25, -0.2) is 0 Å². The van der Waals surface area contributed by atoms with Gasteiger partial charge in [-0.2, -0.15) is 0 Å². The van der Waals surface area contributed by atoms with Gasteiger partial charge in [-0.15, -0.1) is 0 Å². The van der Waals surface area contributed by atoms with Gasteiger partial charge in [-0.3, -0.25) is 0 Å². The molecule has 93 heavy (non-hydrogen) atoms. The fourth-order valence-corrected chi connectivity index (χ4v) is 15.4. The number of nitrogens with zero attached hydrogens (tertiary/aromatic N) is 2. The lowest BCUT2D eigenvalue weighted by atomic mass is 9.65. The SMILES string of the molecule is c1ccc(-c2ccc(-n3c4ccccc4c4cc(-c5ccc6c(c5)c5ccccc5n6-c5cccc(-c6ccc(-c7ccc(-c8cccc(C9(c%10ccccc%10-c%10ccccc%10-c%10ccccc%10)c%10ccccc%10-c%10ccccc%109)c8)cc7)cc6)c5)ccc43)cc2)cc1. The second kappa shape index (κ2) is 22.1. The molecule has 2 aromatic heterocycles. The normalized spacial score (nSPS) is 12.4. The molecule has 0 unspecified atom stereocenters. The molecule has 0 atom stereocenters. The number of para-hydroxylation sites is 2. The molecule has 0 radical (unpaired) electrons. The highest BCUT2D eigenvalue weighted by Crippen LogP contribution is 2.58. The molecule has 434 valence electrons. The zero-order chi connectivity index (χ0) is 61.4. The van der Waals surface area contributed by atoms with Crippen LogP contribution in [0.4, 0.5) is 0 Å². The van der Waals surface area contributed by atoms with Crippen LogP contribution in [0.1, 0.15) is 22.3 Å². The number of fused-ring (bicyclic) bond motifs is 9. The fourth-order valence-electron chi connectivity index (χ4n) is 15.4. The minimum Gasteiger partial charge on any atom is -0.309 e. The van der Waals surface area contributed by atoms with Crippen LogP contribution < -0.4 is 0 Å². The highest BCUT2D eigenvalue weighted by molar-refractivity contribution is 6.13. The topological polar surface area (TPSA) is 9.86 Å². The first kappa shape index (κ1) is 53.9.